The Labute approximate surface area is 112 Å². The van der Waals surface area contributed by atoms with Gasteiger partial charge in [0.05, 0.1) is 4.90 Å². The van der Waals surface area contributed by atoms with Crippen molar-refractivity contribution in [2.75, 3.05) is 26.0 Å². The summed E-state index contributed by atoms with van der Waals surface area (Å²) in [6.07, 6.45) is -1.29. The molecule has 0 aliphatic carbocycles. The Kier molecular flexibility index (Phi) is 4.87. The normalized spacial score (nSPS) is 13.3. The van der Waals surface area contributed by atoms with Gasteiger partial charge >= 0.3 is 0 Å². The number of rotatable bonds is 6. The Morgan fingerprint density at radius 3 is 2.32 bits per heavy atom. The van der Waals surface area contributed by atoms with Crippen LogP contribution < -0.4 is 11.1 Å². The van der Waals surface area contributed by atoms with Crippen LogP contribution in [0, 0.1) is 0 Å². The highest BCUT2D eigenvalue weighted by Gasteiger charge is 2.16. The Morgan fingerprint density at radius 2 is 1.89 bits per heavy atom. The van der Waals surface area contributed by atoms with Crippen LogP contribution in [0.3, 0.4) is 0 Å². The van der Waals surface area contributed by atoms with E-state index in [0.717, 1.165) is 4.31 Å². The largest absolute Gasteiger partial charge is 0.382 e. The van der Waals surface area contributed by atoms with E-state index in [-0.39, 0.29) is 11.4 Å². The summed E-state index contributed by atoms with van der Waals surface area (Å²) in [5, 5.41) is 12.0. The van der Waals surface area contributed by atoms with Crippen molar-refractivity contribution in [3.05, 3.63) is 24.3 Å². The summed E-state index contributed by atoms with van der Waals surface area (Å²) >= 11 is 0. The minimum absolute atomic E-state index is 0.0326. The molecule has 0 aliphatic heterocycles. The van der Waals surface area contributed by atoms with Crippen molar-refractivity contribution in [2.24, 2.45) is 5.73 Å². The van der Waals surface area contributed by atoms with Gasteiger partial charge in [-0.1, -0.05) is 0 Å². The van der Waals surface area contributed by atoms with Crippen LogP contribution in [0.25, 0.3) is 0 Å². The summed E-state index contributed by atoms with van der Waals surface area (Å²) in [6.45, 7) is -0.0326. The Hall–Kier alpha value is -1.64. The fourth-order valence-corrected chi connectivity index (χ4v) is 2.17. The number of hydrogen-bond acceptors (Lipinski definition) is 5. The van der Waals surface area contributed by atoms with E-state index in [1.165, 1.54) is 26.2 Å². The second-order valence-electron chi connectivity index (χ2n) is 4.11. The van der Waals surface area contributed by atoms with Crippen LogP contribution in [0.4, 0.5) is 5.69 Å². The van der Waals surface area contributed by atoms with E-state index >= 15 is 0 Å². The molecule has 1 amide bonds. The maximum absolute atomic E-state index is 11.8. The zero-order valence-corrected chi connectivity index (χ0v) is 11.5. The molecule has 0 fully saturated rings. The zero-order chi connectivity index (χ0) is 14.6. The second-order valence-corrected chi connectivity index (χ2v) is 6.26. The average molecular weight is 287 g/mol. The topological polar surface area (TPSA) is 113 Å². The number of nitrogens with zero attached hydrogens (tertiary/aromatic N) is 1. The molecule has 1 unspecified atom stereocenters. The van der Waals surface area contributed by atoms with E-state index in [1.54, 1.807) is 12.1 Å². The number of benzene rings is 1. The minimum Gasteiger partial charge on any atom is -0.382 e. The quantitative estimate of drug-likeness (QED) is 0.633. The lowest BCUT2D eigenvalue weighted by atomic mass is 10.3. The summed E-state index contributed by atoms with van der Waals surface area (Å²) < 4.78 is 24.7. The van der Waals surface area contributed by atoms with Crippen molar-refractivity contribution < 1.29 is 18.3 Å². The van der Waals surface area contributed by atoms with Gasteiger partial charge in [0.1, 0.15) is 6.10 Å². The number of sulfonamides is 1. The lowest BCUT2D eigenvalue weighted by Gasteiger charge is -2.13. The molecule has 1 aromatic rings. The van der Waals surface area contributed by atoms with Gasteiger partial charge < -0.3 is 16.2 Å². The molecule has 0 spiro atoms. The lowest BCUT2D eigenvalue weighted by molar-refractivity contribution is -0.125. The van der Waals surface area contributed by atoms with Crippen molar-refractivity contribution in [3.63, 3.8) is 0 Å². The summed E-state index contributed by atoms with van der Waals surface area (Å²) in [5.74, 6) is -0.820. The van der Waals surface area contributed by atoms with Gasteiger partial charge in [-0.25, -0.2) is 12.7 Å². The number of carbonyl (C=O) groups is 1. The van der Waals surface area contributed by atoms with Gasteiger partial charge in [-0.15, -0.1) is 0 Å². The minimum atomic E-state index is -3.46. The molecule has 4 N–H and O–H groups in total. The van der Waals surface area contributed by atoms with E-state index < -0.39 is 22.0 Å². The molecule has 1 aromatic carbocycles. The van der Waals surface area contributed by atoms with Crippen LogP contribution in [0.2, 0.25) is 0 Å². The summed E-state index contributed by atoms with van der Waals surface area (Å²) in [4.78, 5) is 10.8. The first-order chi connectivity index (χ1) is 8.75. The smallest absolute Gasteiger partial charge is 0.248 e. The molecule has 0 radical (unpaired) electrons. The third-order valence-electron chi connectivity index (χ3n) is 2.46. The van der Waals surface area contributed by atoms with E-state index in [2.05, 4.69) is 5.32 Å². The van der Waals surface area contributed by atoms with Gasteiger partial charge in [-0.05, 0) is 24.3 Å². The molecule has 0 saturated carbocycles. The SMILES string of the molecule is CN(C)S(=O)(=O)c1ccc(NCC(O)C(N)=O)cc1. The van der Waals surface area contributed by atoms with Gasteiger partial charge in [-0.2, -0.15) is 0 Å². The molecule has 1 atom stereocenters. The average Bonchev–Trinajstić information content (AvgIpc) is 2.36. The fourth-order valence-electron chi connectivity index (χ4n) is 1.27. The number of hydrogen-bond donors (Lipinski definition) is 3. The van der Waals surface area contributed by atoms with Gasteiger partial charge in [-0.3, -0.25) is 4.79 Å². The van der Waals surface area contributed by atoms with Crippen LogP contribution in [0.15, 0.2) is 29.2 Å². The molecular weight excluding hydrogens is 270 g/mol. The van der Waals surface area contributed by atoms with E-state index in [4.69, 9.17) is 5.73 Å². The fraction of sp³-hybridized carbons (Fsp3) is 0.364. The first-order valence-electron chi connectivity index (χ1n) is 5.49. The standard InChI is InChI=1S/C11H17N3O4S/c1-14(2)19(17,18)9-5-3-8(4-6-9)13-7-10(15)11(12)16/h3-6,10,13,15H,7H2,1-2H3,(H2,12,16). The molecule has 19 heavy (non-hydrogen) atoms. The molecule has 0 saturated heterocycles. The molecule has 106 valence electrons. The number of nitrogens with one attached hydrogen (secondary N) is 1. The number of aliphatic hydroxyl groups excluding tert-OH is 1. The molecule has 0 heterocycles. The van der Waals surface area contributed by atoms with Crippen LogP contribution in [-0.4, -0.2) is 50.5 Å². The number of anilines is 1. The first kappa shape index (κ1) is 15.4. The van der Waals surface area contributed by atoms with E-state index in [9.17, 15) is 18.3 Å². The molecule has 0 bridgehead atoms. The number of aliphatic hydroxyl groups is 1. The maximum atomic E-state index is 11.8. The van der Waals surface area contributed by atoms with Gasteiger partial charge in [0.2, 0.25) is 15.9 Å². The maximum Gasteiger partial charge on any atom is 0.248 e. The van der Waals surface area contributed by atoms with Crippen molar-refractivity contribution in [3.8, 4) is 0 Å². The van der Waals surface area contributed by atoms with Crippen molar-refractivity contribution in [1.29, 1.82) is 0 Å². The monoisotopic (exact) mass is 287 g/mol. The summed E-state index contributed by atoms with van der Waals surface area (Å²) in [5.41, 5.74) is 5.48. The van der Waals surface area contributed by atoms with E-state index in [0.29, 0.717) is 5.69 Å². The van der Waals surface area contributed by atoms with Crippen LogP contribution >= 0.6 is 0 Å². The summed E-state index contributed by atoms with van der Waals surface area (Å²) in [6, 6.07) is 5.97. The van der Waals surface area contributed by atoms with Crippen LogP contribution in [0.5, 0.6) is 0 Å². The number of amides is 1. The second kappa shape index (κ2) is 6.00. The van der Waals surface area contributed by atoms with Gasteiger partial charge in [0.15, 0.2) is 0 Å². The van der Waals surface area contributed by atoms with Gasteiger partial charge in [0, 0.05) is 26.3 Å². The Balaban J connectivity index is 2.75. The first-order valence-corrected chi connectivity index (χ1v) is 6.93. The van der Waals surface area contributed by atoms with E-state index in [1.807, 2.05) is 0 Å². The highest BCUT2D eigenvalue weighted by atomic mass is 32.2. The number of nitrogens with two attached hydrogens (primary N) is 1. The van der Waals surface area contributed by atoms with Crippen molar-refractivity contribution in [2.45, 2.75) is 11.0 Å². The van der Waals surface area contributed by atoms with Crippen molar-refractivity contribution in [1.82, 2.24) is 4.31 Å². The third-order valence-corrected chi connectivity index (χ3v) is 4.29. The van der Waals surface area contributed by atoms with Crippen LogP contribution in [-0.2, 0) is 14.8 Å². The molecule has 1 rings (SSSR count). The predicted molar refractivity (Wildman–Crippen MR) is 71.0 cm³/mol. The molecule has 0 aliphatic rings. The number of primary amides is 1. The molecule has 0 aromatic heterocycles. The highest BCUT2D eigenvalue weighted by Crippen LogP contribution is 2.16. The Morgan fingerprint density at radius 1 is 1.37 bits per heavy atom. The summed E-state index contributed by atoms with van der Waals surface area (Å²) in [7, 11) is -0.558. The predicted octanol–water partition coefficient (Wildman–Crippen LogP) is -0.805. The molecule has 8 heteroatoms. The van der Waals surface area contributed by atoms with Crippen LogP contribution in [0.1, 0.15) is 0 Å². The zero-order valence-electron chi connectivity index (χ0n) is 10.7. The lowest BCUT2D eigenvalue weighted by Crippen LogP contribution is -2.34. The highest BCUT2D eigenvalue weighted by molar-refractivity contribution is 7.89. The number of carbonyl (C=O) groups excluding carboxylic acids is 1. The van der Waals surface area contributed by atoms with Crippen molar-refractivity contribution >= 4 is 21.6 Å². The third kappa shape index (κ3) is 3.91. The van der Waals surface area contributed by atoms with Gasteiger partial charge in [0.25, 0.3) is 0 Å². The molecular formula is C11H17N3O4S. The molecule has 7 nitrogen and oxygen atoms in total. The Bertz CT molecular complexity index is 540.